The lowest BCUT2D eigenvalue weighted by Gasteiger charge is -2.25. The fraction of sp³-hybridized carbons (Fsp3) is 0.136. The largest absolute Gasteiger partial charge is 0.273 e. The standard InChI is InChI=1S/C22H20N2O5S/c1-15-9-10-16(2)20(13-15)23(30(28,29)19-7-5-4-6-8-19)22(25)18-12-11-17(3)21(14-18)24(26)27/h4-14H,1-3H3. The minimum atomic E-state index is -4.27. The van der Waals surface area contributed by atoms with Gasteiger partial charge < -0.3 is 0 Å². The number of benzene rings is 3. The molecule has 3 aromatic carbocycles. The van der Waals surface area contributed by atoms with Crippen LogP contribution in [-0.2, 0) is 10.0 Å². The quantitative estimate of drug-likeness (QED) is 0.442. The van der Waals surface area contributed by atoms with Gasteiger partial charge >= 0.3 is 0 Å². The molecule has 0 aliphatic rings. The van der Waals surface area contributed by atoms with E-state index in [-0.39, 0.29) is 21.8 Å². The van der Waals surface area contributed by atoms with E-state index in [1.54, 1.807) is 51.1 Å². The predicted molar refractivity (Wildman–Crippen MR) is 114 cm³/mol. The second-order valence-electron chi connectivity index (χ2n) is 6.94. The molecule has 0 saturated heterocycles. The molecule has 0 atom stereocenters. The topological polar surface area (TPSA) is 97.6 Å². The number of nitrogens with zero attached hydrogens (tertiary/aromatic N) is 2. The lowest BCUT2D eigenvalue weighted by Crippen LogP contribution is -2.37. The summed E-state index contributed by atoms with van der Waals surface area (Å²) in [5.74, 6) is -0.865. The summed E-state index contributed by atoms with van der Waals surface area (Å²) < 4.78 is 27.7. The Balaban J connectivity index is 2.25. The summed E-state index contributed by atoms with van der Waals surface area (Å²) in [6.07, 6.45) is 0. The van der Waals surface area contributed by atoms with Gasteiger partial charge in [-0.25, -0.2) is 8.42 Å². The number of sulfonamides is 1. The van der Waals surface area contributed by atoms with Crippen molar-refractivity contribution in [2.45, 2.75) is 25.7 Å². The number of rotatable bonds is 5. The number of nitro benzene ring substituents is 1. The first kappa shape index (κ1) is 21.2. The fourth-order valence-electron chi connectivity index (χ4n) is 3.04. The maximum atomic E-state index is 13.5. The number of hydrogen-bond donors (Lipinski definition) is 0. The minimum absolute atomic E-state index is 0.0548. The van der Waals surface area contributed by atoms with Crippen molar-refractivity contribution >= 4 is 27.3 Å². The van der Waals surface area contributed by atoms with Gasteiger partial charge in [-0.05, 0) is 56.2 Å². The van der Waals surface area contributed by atoms with E-state index >= 15 is 0 Å². The van der Waals surface area contributed by atoms with Gasteiger partial charge in [0, 0.05) is 17.2 Å². The lowest BCUT2D eigenvalue weighted by molar-refractivity contribution is -0.385. The third kappa shape index (κ3) is 3.95. The Bertz CT molecular complexity index is 1240. The molecule has 0 fully saturated rings. The zero-order chi connectivity index (χ0) is 22.1. The first-order valence-corrected chi connectivity index (χ1v) is 10.5. The number of aryl methyl sites for hydroxylation is 3. The third-order valence-electron chi connectivity index (χ3n) is 4.70. The number of amides is 1. The molecule has 7 nitrogen and oxygen atoms in total. The fourth-order valence-corrected chi connectivity index (χ4v) is 4.53. The highest BCUT2D eigenvalue weighted by Gasteiger charge is 2.33. The van der Waals surface area contributed by atoms with Crippen LogP contribution in [0, 0.1) is 30.9 Å². The average molecular weight is 424 g/mol. The average Bonchev–Trinajstić information content (AvgIpc) is 2.71. The molecular weight excluding hydrogens is 404 g/mol. The van der Waals surface area contributed by atoms with Crippen LogP contribution in [0.25, 0.3) is 0 Å². The van der Waals surface area contributed by atoms with Crippen LogP contribution in [0.3, 0.4) is 0 Å². The van der Waals surface area contributed by atoms with Crippen LogP contribution >= 0.6 is 0 Å². The highest BCUT2D eigenvalue weighted by Crippen LogP contribution is 2.31. The van der Waals surface area contributed by atoms with Crippen LogP contribution in [0.5, 0.6) is 0 Å². The smallest absolute Gasteiger partial charge is 0.268 e. The Morgan fingerprint density at radius 2 is 1.53 bits per heavy atom. The van der Waals surface area contributed by atoms with Crippen molar-refractivity contribution < 1.29 is 18.1 Å². The predicted octanol–water partition coefficient (Wildman–Crippen LogP) is 4.56. The number of carbonyl (C=O) groups is 1. The summed E-state index contributed by atoms with van der Waals surface area (Å²) in [7, 11) is -4.27. The van der Waals surface area contributed by atoms with Gasteiger partial charge in [-0.15, -0.1) is 0 Å². The molecule has 0 unspecified atom stereocenters. The molecule has 154 valence electrons. The molecule has 0 spiro atoms. The van der Waals surface area contributed by atoms with Gasteiger partial charge in [0.05, 0.1) is 15.5 Å². The van der Waals surface area contributed by atoms with Crippen molar-refractivity contribution in [3.63, 3.8) is 0 Å². The number of anilines is 1. The van der Waals surface area contributed by atoms with Crippen molar-refractivity contribution in [1.29, 1.82) is 0 Å². The molecular formula is C22H20N2O5S. The summed E-state index contributed by atoms with van der Waals surface area (Å²) in [6.45, 7) is 5.04. The van der Waals surface area contributed by atoms with Gasteiger partial charge in [-0.3, -0.25) is 14.9 Å². The first-order valence-electron chi connectivity index (χ1n) is 9.10. The van der Waals surface area contributed by atoms with Crippen LogP contribution < -0.4 is 4.31 Å². The van der Waals surface area contributed by atoms with E-state index in [1.807, 2.05) is 6.07 Å². The van der Waals surface area contributed by atoms with Gasteiger partial charge in [0.15, 0.2) is 0 Å². The van der Waals surface area contributed by atoms with Gasteiger partial charge in [-0.2, -0.15) is 4.31 Å². The van der Waals surface area contributed by atoms with Crippen LogP contribution in [-0.4, -0.2) is 19.2 Å². The normalized spacial score (nSPS) is 11.2. The summed E-state index contributed by atoms with van der Waals surface area (Å²) in [6, 6.07) is 16.7. The minimum Gasteiger partial charge on any atom is -0.268 e. The van der Waals surface area contributed by atoms with Crippen molar-refractivity contribution in [1.82, 2.24) is 0 Å². The highest BCUT2D eigenvalue weighted by atomic mass is 32.2. The zero-order valence-corrected chi connectivity index (χ0v) is 17.5. The van der Waals surface area contributed by atoms with Gasteiger partial charge in [0.25, 0.3) is 21.6 Å². The van der Waals surface area contributed by atoms with Gasteiger partial charge in [0.1, 0.15) is 0 Å². The number of nitro groups is 1. The van der Waals surface area contributed by atoms with Crippen LogP contribution in [0.1, 0.15) is 27.0 Å². The van der Waals surface area contributed by atoms with Crippen molar-refractivity contribution in [2.75, 3.05) is 4.31 Å². The summed E-state index contributed by atoms with van der Waals surface area (Å²) in [4.78, 5) is 24.1. The summed E-state index contributed by atoms with van der Waals surface area (Å²) in [5.41, 5.74) is 1.58. The summed E-state index contributed by atoms with van der Waals surface area (Å²) >= 11 is 0. The van der Waals surface area contributed by atoms with Crippen LogP contribution in [0.4, 0.5) is 11.4 Å². The van der Waals surface area contributed by atoms with E-state index in [2.05, 4.69) is 0 Å². The van der Waals surface area contributed by atoms with E-state index in [9.17, 15) is 23.3 Å². The van der Waals surface area contributed by atoms with E-state index in [0.717, 1.165) is 15.9 Å². The zero-order valence-electron chi connectivity index (χ0n) is 16.7. The second kappa shape index (κ2) is 8.08. The molecule has 0 aromatic heterocycles. The molecule has 1 amide bonds. The lowest BCUT2D eigenvalue weighted by atomic mass is 10.1. The van der Waals surface area contributed by atoms with E-state index in [0.29, 0.717) is 11.1 Å². The van der Waals surface area contributed by atoms with Crippen LogP contribution in [0.15, 0.2) is 71.6 Å². The molecule has 0 radical (unpaired) electrons. The second-order valence-corrected chi connectivity index (χ2v) is 8.72. The molecule has 3 rings (SSSR count). The van der Waals surface area contributed by atoms with Crippen molar-refractivity contribution in [3.8, 4) is 0 Å². The number of carbonyl (C=O) groups excluding carboxylic acids is 1. The molecule has 0 saturated carbocycles. The summed E-state index contributed by atoms with van der Waals surface area (Å²) in [5, 5.41) is 11.3. The van der Waals surface area contributed by atoms with Gasteiger partial charge in [-0.1, -0.05) is 36.4 Å². The molecule has 0 N–H and O–H groups in total. The molecule has 0 aliphatic heterocycles. The van der Waals surface area contributed by atoms with E-state index in [4.69, 9.17) is 0 Å². The van der Waals surface area contributed by atoms with E-state index in [1.165, 1.54) is 24.3 Å². The van der Waals surface area contributed by atoms with Crippen molar-refractivity contribution in [3.05, 3.63) is 99.1 Å². The monoisotopic (exact) mass is 424 g/mol. The Morgan fingerprint density at radius 1 is 0.900 bits per heavy atom. The van der Waals surface area contributed by atoms with Gasteiger partial charge in [0.2, 0.25) is 0 Å². The van der Waals surface area contributed by atoms with Crippen LogP contribution in [0.2, 0.25) is 0 Å². The molecule has 0 bridgehead atoms. The Kier molecular flexibility index (Phi) is 5.71. The Hall–Kier alpha value is -3.52. The molecule has 0 heterocycles. The maximum Gasteiger partial charge on any atom is 0.273 e. The highest BCUT2D eigenvalue weighted by molar-refractivity contribution is 7.93. The van der Waals surface area contributed by atoms with E-state index < -0.39 is 20.9 Å². The maximum absolute atomic E-state index is 13.5. The Labute approximate surface area is 174 Å². The molecule has 30 heavy (non-hydrogen) atoms. The number of hydrogen-bond acceptors (Lipinski definition) is 5. The molecule has 8 heteroatoms. The van der Waals surface area contributed by atoms with Crippen molar-refractivity contribution in [2.24, 2.45) is 0 Å². The SMILES string of the molecule is Cc1ccc(C)c(N(C(=O)c2ccc(C)c([N+](=O)[O-])c2)S(=O)(=O)c2ccccc2)c1. The Morgan fingerprint density at radius 3 is 2.17 bits per heavy atom. The third-order valence-corrected chi connectivity index (χ3v) is 6.41. The first-order chi connectivity index (χ1) is 14.1. The molecule has 3 aromatic rings. The molecule has 0 aliphatic carbocycles.